The van der Waals surface area contributed by atoms with Gasteiger partial charge in [0, 0.05) is 25.0 Å². The van der Waals surface area contributed by atoms with Crippen LogP contribution in [0.15, 0.2) is 18.2 Å². The van der Waals surface area contributed by atoms with Crippen LogP contribution >= 0.6 is 0 Å². The molecule has 0 bridgehead atoms. The summed E-state index contributed by atoms with van der Waals surface area (Å²) in [5, 5.41) is 0.868. The van der Waals surface area contributed by atoms with Crippen LogP contribution in [0.25, 0.3) is 10.9 Å². The Morgan fingerprint density at radius 2 is 1.87 bits per heavy atom. The summed E-state index contributed by atoms with van der Waals surface area (Å²) in [6.07, 6.45) is 5.96. The number of nitrogens with one attached hydrogen (secondary N) is 1. The molecule has 0 saturated heterocycles. The molecule has 0 aliphatic heterocycles. The van der Waals surface area contributed by atoms with Crippen molar-refractivity contribution >= 4 is 22.7 Å². The van der Waals surface area contributed by atoms with E-state index in [9.17, 15) is 9.59 Å². The summed E-state index contributed by atoms with van der Waals surface area (Å²) in [5.41, 5.74) is 8.10. The van der Waals surface area contributed by atoms with Crippen molar-refractivity contribution < 1.29 is 9.59 Å². The van der Waals surface area contributed by atoms with Crippen LogP contribution in [0, 0.1) is 0 Å². The lowest BCUT2D eigenvalue weighted by Gasteiger charge is -2.23. The van der Waals surface area contributed by atoms with E-state index in [4.69, 9.17) is 5.73 Å². The van der Waals surface area contributed by atoms with Crippen molar-refractivity contribution in [3.8, 4) is 0 Å². The minimum atomic E-state index is -0.596. The summed E-state index contributed by atoms with van der Waals surface area (Å²) in [5.74, 6) is -0.341. The summed E-state index contributed by atoms with van der Waals surface area (Å²) < 4.78 is 0. The lowest BCUT2D eigenvalue weighted by Crippen LogP contribution is -2.25. The summed E-state index contributed by atoms with van der Waals surface area (Å²) in [6.45, 7) is 0. The van der Waals surface area contributed by atoms with Gasteiger partial charge in [0.1, 0.15) is 5.69 Å². The number of nitrogens with two attached hydrogens (primary N) is 1. The minimum absolute atomic E-state index is 0.187. The third kappa shape index (κ3) is 2.71. The first-order valence-electron chi connectivity index (χ1n) is 8.16. The van der Waals surface area contributed by atoms with E-state index in [0.29, 0.717) is 11.5 Å². The molecule has 3 rings (SSSR count). The highest BCUT2D eigenvalue weighted by Crippen LogP contribution is 2.38. The molecule has 5 heteroatoms. The van der Waals surface area contributed by atoms with E-state index in [0.717, 1.165) is 29.3 Å². The Balaban J connectivity index is 2.25. The molecule has 0 unspecified atom stereocenters. The second kappa shape index (κ2) is 6.07. The number of fused-ring (bicyclic) bond motifs is 1. The van der Waals surface area contributed by atoms with Gasteiger partial charge in [0.2, 0.25) is 0 Å². The molecule has 122 valence electrons. The van der Waals surface area contributed by atoms with E-state index in [2.05, 4.69) is 11.1 Å². The summed E-state index contributed by atoms with van der Waals surface area (Å²) >= 11 is 0. The fourth-order valence-corrected chi connectivity index (χ4v) is 3.65. The van der Waals surface area contributed by atoms with Crippen molar-refractivity contribution in [3.05, 3.63) is 35.0 Å². The third-order valence-electron chi connectivity index (χ3n) is 4.77. The molecule has 1 aromatic carbocycles. The smallest absolute Gasteiger partial charge is 0.265 e. The van der Waals surface area contributed by atoms with Crippen molar-refractivity contribution in [2.75, 3.05) is 14.1 Å². The maximum absolute atomic E-state index is 12.7. The number of primary amides is 1. The fraction of sp³-hybridized carbons (Fsp3) is 0.444. The van der Waals surface area contributed by atoms with Crippen LogP contribution in [-0.2, 0) is 0 Å². The zero-order valence-electron chi connectivity index (χ0n) is 13.7. The molecule has 1 saturated carbocycles. The van der Waals surface area contributed by atoms with Gasteiger partial charge in [0.25, 0.3) is 11.8 Å². The molecule has 23 heavy (non-hydrogen) atoms. The average Bonchev–Trinajstić information content (AvgIpc) is 2.94. The number of nitrogens with zero attached hydrogens (tertiary/aromatic N) is 1. The zero-order chi connectivity index (χ0) is 16.6. The first-order chi connectivity index (χ1) is 11.0. The molecule has 1 fully saturated rings. The molecular formula is C18H23N3O2. The van der Waals surface area contributed by atoms with Crippen molar-refractivity contribution in [3.63, 3.8) is 0 Å². The summed E-state index contributed by atoms with van der Waals surface area (Å²) in [4.78, 5) is 29.1. The predicted octanol–water partition coefficient (Wildman–Crippen LogP) is 3.02. The first-order valence-corrected chi connectivity index (χ1v) is 8.16. The number of aromatic amines is 1. The highest BCUT2D eigenvalue weighted by molar-refractivity contribution is 6.16. The lowest BCUT2D eigenvalue weighted by molar-refractivity contribution is 0.0822. The maximum atomic E-state index is 12.7. The number of aromatic nitrogens is 1. The normalized spacial score (nSPS) is 15.7. The van der Waals surface area contributed by atoms with Crippen LogP contribution in [0.3, 0.4) is 0 Å². The number of carbonyl (C=O) groups excluding carboxylic acids is 2. The first kappa shape index (κ1) is 15.6. The molecule has 0 atom stereocenters. The number of hydrogen-bond acceptors (Lipinski definition) is 2. The highest BCUT2D eigenvalue weighted by atomic mass is 16.2. The number of benzene rings is 1. The van der Waals surface area contributed by atoms with Crippen molar-refractivity contribution in [2.45, 2.75) is 38.0 Å². The average molecular weight is 313 g/mol. The molecule has 1 aromatic heterocycles. The quantitative estimate of drug-likeness (QED) is 0.913. The molecule has 0 radical (unpaired) electrons. The van der Waals surface area contributed by atoms with E-state index in [1.54, 1.807) is 14.1 Å². The van der Waals surface area contributed by atoms with Gasteiger partial charge < -0.3 is 15.6 Å². The SMILES string of the molecule is CN(C)C(=O)c1c(C(N)=O)[nH]c2cccc(C3CCCCC3)c12. The van der Waals surface area contributed by atoms with Gasteiger partial charge in [0.05, 0.1) is 5.56 Å². The molecular weight excluding hydrogens is 290 g/mol. The fourth-order valence-electron chi connectivity index (χ4n) is 3.65. The zero-order valence-corrected chi connectivity index (χ0v) is 13.7. The number of hydrogen-bond donors (Lipinski definition) is 2. The number of H-pyrrole nitrogens is 1. The number of amides is 2. The van der Waals surface area contributed by atoms with E-state index >= 15 is 0 Å². The van der Waals surface area contributed by atoms with Gasteiger partial charge in [-0.15, -0.1) is 0 Å². The Morgan fingerprint density at radius 1 is 1.17 bits per heavy atom. The Kier molecular flexibility index (Phi) is 4.11. The molecule has 1 aliphatic rings. The summed E-state index contributed by atoms with van der Waals surface area (Å²) in [6, 6.07) is 5.97. The van der Waals surface area contributed by atoms with Crippen LogP contribution in [0.5, 0.6) is 0 Å². The van der Waals surface area contributed by atoms with Crippen LogP contribution in [0.1, 0.15) is 64.4 Å². The van der Waals surface area contributed by atoms with Gasteiger partial charge >= 0.3 is 0 Å². The van der Waals surface area contributed by atoms with Crippen molar-refractivity contribution in [2.24, 2.45) is 5.73 Å². The number of rotatable bonds is 3. The summed E-state index contributed by atoms with van der Waals surface area (Å²) in [7, 11) is 3.38. The Hall–Kier alpha value is -2.30. The molecule has 2 aromatic rings. The Bertz CT molecular complexity index is 755. The molecule has 2 amide bonds. The van der Waals surface area contributed by atoms with Gasteiger partial charge in [-0.25, -0.2) is 0 Å². The van der Waals surface area contributed by atoms with E-state index in [1.165, 1.54) is 24.2 Å². The Labute approximate surface area is 135 Å². The molecule has 0 spiro atoms. The monoisotopic (exact) mass is 313 g/mol. The van der Waals surface area contributed by atoms with E-state index in [1.807, 2.05) is 12.1 Å². The van der Waals surface area contributed by atoms with Crippen LogP contribution in [0.4, 0.5) is 0 Å². The maximum Gasteiger partial charge on any atom is 0.265 e. The van der Waals surface area contributed by atoms with Crippen molar-refractivity contribution in [1.29, 1.82) is 0 Å². The second-order valence-electron chi connectivity index (χ2n) is 6.54. The van der Waals surface area contributed by atoms with Crippen molar-refractivity contribution in [1.82, 2.24) is 9.88 Å². The van der Waals surface area contributed by atoms with Gasteiger partial charge in [-0.2, -0.15) is 0 Å². The van der Waals surface area contributed by atoms with E-state index < -0.39 is 5.91 Å². The minimum Gasteiger partial charge on any atom is -0.364 e. The standard InChI is InChI=1S/C18H23N3O2/c1-21(2)18(23)15-14-12(11-7-4-3-5-8-11)9-6-10-13(14)20-16(15)17(19)22/h6,9-11,20H,3-5,7-8H2,1-2H3,(H2,19,22). The van der Waals surface area contributed by atoms with Gasteiger partial charge in [-0.3, -0.25) is 9.59 Å². The lowest BCUT2D eigenvalue weighted by atomic mass is 9.82. The van der Waals surface area contributed by atoms with Gasteiger partial charge in [0.15, 0.2) is 0 Å². The highest BCUT2D eigenvalue weighted by Gasteiger charge is 2.27. The largest absolute Gasteiger partial charge is 0.364 e. The molecule has 1 aliphatic carbocycles. The van der Waals surface area contributed by atoms with Gasteiger partial charge in [-0.05, 0) is 30.4 Å². The van der Waals surface area contributed by atoms with Crippen LogP contribution in [0.2, 0.25) is 0 Å². The molecule has 5 nitrogen and oxygen atoms in total. The number of carbonyl (C=O) groups is 2. The molecule has 1 heterocycles. The second-order valence-corrected chi connectivity index (χ2v) is 6.54. The topological polar surface area (TPSA) is 79.2 Å². The van der Waals surface area contributed by atoms with Gasteiger partial charge in [-0.1, -0.05) is 31.4 Å². The van der Waals surface area contributed by atoms with Crippen LogP contribution in [-0.4, -0.2) is 35.8 Å². The van der Waals surface area contributed by atoms with Crippen LogP contribution < -0.4 is 5.73 Å². The third-order valence-corrected chi connectivity index (χ3v) is 4.77. The molecule has 3 N–H and O–H groups in total. The Morgan fingerprint density at radius 3 is 2.48 bits per heavy atom. The predicted molar refractivity (Wildman–Crippen MR) is 90.7 cm³/mol. The van der Waals surface area contributed by atoms with E-state index in [-0.39, 0.29) is 11.6 Å².